The number of carbonyl (C=O) groups excluding carboxylic acids is 2. The number of rotatable bonds is 2. The quantitative estimate of drug-likeness (QED) is 0.787. The minimum atomic E-state index is -0.225. The number of ketones is 1. The summed E-state index contributed by atoms with van der Waals surface area (Å²) in [6.07, 6.45) is 0. The predicted octanol–water partition coefficient (Wildman–Crippen LogP) is 2.81. The van der Waals surface area contributed by atoms with Crippen molar-refractivity contribution >= 4 is 29.0 Å². The zero-order valence-corrected chi connectivity index (χ0v) is 9.61. The molecule has 0 spiro atoms. The van der Waals surface area contributed by atoms with E-state index in [0.29, 0.717) is 16.3 Å². The van der Waals surface area contributed by atoms with Crippen LogP contribution in [-0.4, -0.2) is 11.7 Å². The SMILES string of the molecule is CC(=O)Nc1cc(Cl)c(C)cc1C(C)=O. The first kappa shape index (κ1) is 11.7. The number of hydrogen-bond acceptors (Lipinski definition) is 2. The van der Waals surface area contributed by atoms with Crippen LogP contribution in [0.15, 0.2) is 12.1 Å². The monoisotopic (exact) mass is 225 g/mol. The van der Waals surface area contributed by atoms with Gasteiger partial charge in [0.05, 0.1) is 5.69 Å². The molecule has 0 bridgehead atoms. The maximum absolute atomic E-state index is 11.3. The molecule has 0 saturated heterocycles. The first-order valence-electron chi connectivity index (χ1n) is 4.50. The van der Waals surface area contributed by atoms with Crippen molar-refractivity contribution in [1.82, 2.24) is 0 Å². The fourth-order valence-electron chi connectivity index (χ4n) is 1.27. The number of halogens is 1. The van der Waals surface area contributed by atoms with E-state index in [1.807, 2.05) is 6.92 Å². The van der Waals surface area contributed by atoms with Crippen molar-refractivity contribution < 1.29 is 9.59 Å². The smallest absolute Gasteiger partial charge is 0.221 e. The van der Waals surface area contributed by atoms with E-state index in [2.05, 4.69) is 5.32 Å². The summed E-state index contributed by atoms with van der Waals surface area (Å²) < 4.78 is 0. The van der Waals surface area contributed by atoms with Crippen molar-refractivity contribution in [2.45, 2.75) is 20.8 Å². The van der Waals surface area contributed by atoms with Crippen molar-refractivity contribution in [3.05, 3.63) is 28.3 Å². The third kappa shape index (κ3) is 2.80. The lowest BCUT2D eigenvalue weighted by atomic mass is 10.1. The third-order valence-corrected chi connectivity index (χ3v) is 2.40. The van der Waals surface area contributed by atoms with Crippen LogP contribution in [0.5, 0.6) is 0 Å². The summed E-state index contributed by atoms with van der Waals surface area (Å²) in [6, 6.07) is 3.27. The lowest BCUT2D eigenvalue weighted by Gasteiger charge is -2.09. The number of hydrogen-bond donors (Lipinski definition) is 1. The number of anilines is 1. The van der Waals surface area contributed by atoms with Gasteiger partial charge < -0.3 is 5.32 Å². The van der Waals surface area contributed by atoms with Gasteiger partial charge in [-0.2, -0.15) is 0 Å². The molecule has 1 aromatic rings. The molecule has 0 aliphatic heterocycles. The van der Waals surface area contributed by atoms with Crippen molar-refractivity contribution in [1.29, 1.82) is 0 Å². The van der Waals surface area contributed by atoms with Gasteiger partial charge in [-0.15, -0.1) is 0 Å². The number of amides is 1. The molecule has 0 aromatic heterocycles. The molecule has 0 saturated carbocycles. The molecule has 4 heteroatoms. The summed E-state index contributed by atoms with van der Waals surface area (Å²) in [5.41, 5.74) is 1.76. The van der Waals surface area contributed by atoms with Crippen LogP contribution >= 0.6 is 11.6 Å². The number of benzene rings is 1. The number of carbonyl (C=O) groups is 2. The third-order valence-electron chi connectivity index (χ3n) is 1.99. The molecule has 1 rings (SSSR count). The van der Waals surface area contributed by atoms with Gasteiger partial charge in [-0.25, -0.2) is 0 Å². The van der Waals surface area contributed by atoms with Gasteiger partial charge in [-0.3, -0.25) is 9.59 Å². The van der Waals surface area contributed by atoms with Gasteiger partial charge in [0.2, 0.25) is 5.91 Å². The molecule has 0 aliphatic carbocycles. The fourth-order valence-corrected chi connectivity index (χ4v) is 1.43. The lowest BCUT2D eigenvalue weighted by Crippen LogP contribution is -2.10. The van der Waals surface area contributed by atoms with Crippen LogP contribution in [0.25, 0.3) is 0 Å². The van der Waals surface area contributed by atoms with Crippen LogP contribution in [0.1, 0.15) is 29.8 Å². The van der Waals surface area contributed by atoms with Gasteiger partial charge in [0, 0.05) is 17.5 Å². The second kappa shape index (κ2) is 4.45. The molecule has 0 radical (unpaired) electrons. The van der Waals surface area contributed by atoms with Crippen LogP contribution in [0.3, 0.4) is 0 Å². The summed E-state index contributed by atoms with van der Waals surface area (Å²) in [4.78, 5) is 22.2. The molecular weight excluding hydrogens is 214 g/mol. The van der Waals surface area contributed by atoms with Crippen LogP contribution < -0.4 is 5.32 Å². The molecule has 0 heterocycles. The Morgan fingerprint density at radius 2 is 1.87 bits per heavy atom. The van der Waals surface area contributed by atoms with E-state index in [1.165, 1.54) is 13.8 Å². The minimum absolute atomic E-state index is 0.0986. The Morgan fingerprint density at radius 3 is 2.33 bits per heavy atom. The molecule has 15 heavy (non-hydrogen) atoms. The molecular formula is C11H12ClNO2. The van der Waals surface area contributed by atoms with Crippen LogP contribution in [-0.2, 0) is 4.79 Å². The van der Waals surface area contributed by atoms with Crippen molar-refractivity contribution in [2.75, 3.05) is 5.32 Å². The Hall–Kier alpha value is -1.35. The first-order valence-corrected chi connectivity index (χ1v) is 4.88. The van der Waals surface area contributed by atoms with E-state index < -0.39 is 0 Å². The number of nitrogens with one attached hydrogen (secondary N) is 1. The summed E-state index contributed by atoms with van der Waals surface area (Å²) in [7, 11) is 0. The average Bonchev–Trinajstić information content (AvgIpc) is 2.09. The first-order chi connectivity index (χ1) is 6.91. The van der Waals surface area contributed by atoms with E-state index in [0.717, 1.165) is 5.56 Å². The summed E-state index contributed by atoms with van der Waals surface area (Å²) in [6.45, 7) is 4.65. The van der Waals surface area contributed by atoms with Crippen molar-refractivity contribution in [3.63, 3.8) is 0 Å². The zero-order valence-electron chi connectivity index (χ0n) is 8.85. The Morgan fingerprint density at radius 1 is 1.27 bits per heavy atom. The molecule has 1 N–H and O–H groups in total. The second-order valence-corrected chi connectivity index (χ2v) is 3.79. The molecule has 80 valence electrons. The van der Waals surface area contributed by atoms with Gasteiger partial charge in [0.25, 0.3) is 0 Å². The summed E-state index contributed by atoms with van der Waals surface area (Å²) in [5, 5.41) is 3.11. The van der Waals surface area contributed by atoms with Crippen molar-refractivity contribution in [3.8, 4) is 0 Å². The van der Waals surface area contributed by atoms with E-state index >= 15 is 0 Å². The Kier molecular flexibility index (Phi) is 3.48. The summed E-state index contributed by atoms with van der Waals surface area (Å²) >= 11 is 5.91. The molecule has 0 aliphatic rings. The van der Waals surface area contributed by atoms with Crippen LogP contribution in [0.4, 0.5) is 5.69 Å². The van der Waals surface area contributed by atoms with Crippen molar-refractivity contribution in [2.24, 2.45) is 0 Å². The maximum Gasteiger partial charge on any atom is 0.221 e. The van der Waals surface area contributed by atoms with Crippen LogP contribution in [0, 0.1) is 6.92 Å². The second-order valence-electron chi connectivity index (χ2n) is 3.38. The van der Waals surface area contributed by atoms with Gasteiger partial charge in [0.15, 0.2) is 5.78 Å². The molecule has 1 aromatic carbocycles. The highest BCUT2D eigenvalue weighted by atomic mass is 35.5. The lowest BCUT2D eigenvalue weighted by molar-refractivity contribution is -0.114. The zero-order chi connectivity index (χ0) is 11.6. The molecule has 0 atom stereocenters. The highest BCUT2D eigenvalue weighted by Crippen LogP contribution is 2.25. The van der Waals surface area contributed by atoms with Gasteiger partial charge >= 0.3 is 0 Å². The number of aryl methyl sites for hydroxylation is 1. The Balaban J connectivity index is 3.28. The topological polar surface area (TPSA) is 46.2 Å². The average molecular weight is 226 g/mol. The molecule has 0 fully saturated rings. The largest absolute Gasteiger partial charge is 0.326 e. The van der Waals surface area contributed by atoms with E-state index in [4.69, 9.17) is 11.6 Å². The van der Waals surface area contributed by atoms with Crippen LogP contribution in [0.2, 0.25) is 5.02 Å². The van der Waals surface area contributed by atoms with E-state index in [-0.39, 0.29) is 11.7 Å². The Labute approximate surface area is 93.4 Å². The van der Waals surface area contributed by atoms with Gasteiger partial charge in [0.1, 0.15) is 0 Å². The highest BCUT2D eigenvalue weighted by molar-refractivity contribution is 6.32. The molecule has 3 nitrogen and oxygen atoms in total. The van der Waals surface area contributed by atoms with E-state index in [9.17, 15) is 9.59 Å². The van der Waals surface area contributed by atoms with Gasteiger partial charge in [-0.1, -0.05) is 11.6 Å². The number of Topliss-reactive ketones (excluding diaryl/α,β-unsaturated/α-hetero) is 1. The van der Waals surface area contributed by atoms with Gasteiger partial charge in [-0.05, 0) is 31.5 Å². The fraction of sp³-hybridized carbons (Fsp3) is 0.273. The highest BCUT2D eigenvalue weighted by Gasteiger charge is 2.10. The minimum Gasteiger partial charge on any atom is -0.326 e. The Bertz CT molecular complexity index is 427. The predicted molar refractivity (Wildman–Crippen MR) is 60.5 cm³/mol. The normalized spacial score (nSPS) is 9.87. The standard InChI is InChI=1S/C11H12ClNO2/c1-6-4-9(7(2)14)11(5-10(6)12)13-8(3)15/h4-5H,1-3H3,(H,13,15). The molecule has 0 unspecified atom stereocenters. The molecule has 1 amide bonds. The van der Waals surface area contributed by atoms with E-state index in [1.54, 1.807) is 12.1 Å². The summed E-state index contributed by atoms with van der Waals surface area (Å²) in [5.74, 6) is -0.323. The maximum atomic E-state index is 11.3.